The van der Waals surface area contributed by atoms with Gasteiger partial charge in [0.15, 0.2) is 11.2 Å². The summed E-state index contributed by atoms with van der Waals surface area (Å²) in [6, 6.07) is 6.04. The van der Waals surface area contributed by atoms with E-state index in [1.54, 1.807) is 33.4 Å². The van der Waals surface area contributed by atoms with E-state index >= 15 is 0 Å². The van der Waals surface area contributed by atoms with Crippen LogP contribution in [0.3, 0.4) is 0 Å². The summed E-state index contributed by atoms with van der Waals surface area (Å²) in [4.78, 5) is 30.2. The Morgan fingerprint density at radius 1 is 1.19 bits per heavy atom. The van der Waals surface area contributed by atoms with E-state index in [4.69, 9.17) is 0 Å². The lowest BCUT2D eigenvalue weighted by Crippen LogP contribution is -2.39. The standard InChI is InChI=1S/C18H18FN5O3/c1-11-9-23-14-15(20-17(23)22(11)7-8-25)21(2)18(27)24(16(14)26)10-12-5-3-4-6-13(12)19/h3-6,9,25H,7-8,10H2,1-2H3. The Hall–Kier alpha value is -3.20. The fraction of sp³-hybridized carbons (Fsp3) is 0.278. The van der Waals surface area contributed by atoms with Gasteiger partial charge < -0.3 is 9.67 Å². The highest BCUT2D eigenvalue weighted by Crippen LogP contribution is 2.16. The summed E-state index contributed by atoms with van der Waals surface area (Å²) in [7, 11) is 1.53. The minimum Gasteiger partial charge on any atom is -0.395 e. The number of rotatable bonds is 4. The van der Waals surface area contributed by atoms with Crippen LogP contribution in [0.15, 0.2) is 40.1 Å². The van der Waals surface area contributed by atoms with E-state index in [-0.39, 0.29) is 29.9 Å². The van der Waals surface area contributed by atoms with Crippen molar-refractivity contribution in [1.82, 2.24) is 23.1 Å². The van der Waals surface area contributed by atoms with Gasteiger partial charge in [-0.05, 0) is 13.0 Å². The topological polar surface area (TPSA) is 86.5 Å². The molecular weight excluding hydrogens is 353 g/mol. The van der Waals surface area contributed by atoms with Gasteiger partial charge in [-0.15, -0.1) is 0 Å². The van der Waals surface area contributed by atoms with Crippen molar-refractivity contribution in [2.24, 2.45) is 7.05 Å². The predicted octanol–water partition coefficient (Wildman–Crippen LogP) is 0.638. The maximum absolute atomic E-state index is 14.0. The smallest absolute Gasteiger partial charge is 0.332 e. The van der Waals surface area contributed by atoms with Crippen molar-refractivity contribution < 1.29 is 9.50 Å². The first-order valence-corrected chi connectivity index (χ1v) is 8.46. The number of fused-ring (bicyclic) bond motifs is 3. The SMILES string of the molecule is Cc1cn2c3c(=O)n(Cc4ccccc4F)c(=O)n(C)c3nc2n1CCO. The van der Waals surface area contributed by atoms with Gasteiger partial charge in [-0.1, -0.05) is 18.2 Å². The van der Waals surface area contributed by atoms with Crippen LogP contribution in [0.5, 0.6) is 0 Å². The van der Waals surface area contributed by atoms with Gasteiger partial charge in [0.05, 0.1) is 13.2 Å². The first-order chi connectivity index (χ1) is 12.9. The molecule has 8 nitrogen and oxygen atoms in total. The normalized spacial score (nSPS) is 11.7. The molecular formula is C18H18FN5O3. The third-order valence-corrected chi connectivity index (χ3v) is 4.75. The van der Waals surface area contributed by atoms with Crippen molar-refractivity contribution >= 4 is 16.9 Å². The summed E-state index contributed by atoms with van der Waals surface area (Å²) in [6.07, 6.45) is 1.74. The zero-order valence-corrected chi connectivity index (χ0v) is 14.9. The molecule has 0 bridgehead atoms. The van der Waals surface area contributed by atoms with Crippen molar-refractivity contribution in [2.75, 3.05) is 6.61 Å². The summed E-state index contributed by atoms with van der Waals surface area (Å²) < 4.78 is 19.7. The van der Waals surface area contributed by atoms with E-state index in [0.717, 1.165) is 10.3 Å². The molecule has 0 amide bonds. The number of benzene rings is 1. The lowest BCUT2D eigenvalue weighted by molar-refractivity contribution is 0.276. The zero-order valence-electron chi connectivity index (χ0n) is 14.9. The molecule has 9 heteroatoms. The van der Waals surface area contributed by atoms with Crippen molar-refractivity contribution in [2.45, 2.75) is 20.0 Å². The molecule has 4 aromatic rings. The number of aryl methyl sites for hydroxylation is 2. The average Bonchev–Trinajstić information content (AvgIpc) is 3.15. The molecule has 0 saturated carbocycles. The second-order valence-corrected chi connectivity index (χ2v) is 6.42. The lowest BCUT2D eigenvalue weighted by atomic mass is 10.2. The summed E-state index contributed by atoms with van der Waals surface area (Å²) in [5.41, 5.74) is 0.458. The van der Waals surface area contributed by atoms with Gasteiger partial charge >= 0.3 is 5.69 Å². The van der Waals surface area contributed by atoms with Crippen LogP contribution in [0.1, 0.15) is 11.3 Å². The maximum Gasteiger partial charge on any atom is 0.332 e. The van der Waals surface area contributed by atoms with Gasteiger partial charge in [0.1, 0.15) is 5.82 Å². The number of nitrogens with zero attached hydrogens (tertiary/aromatic N) is 5. The van der Waals surface area contributed by atoms with Gasteiger partial charge in [0.25, 0.3) is 5.56 Å². The molecule has 0 aliphatic rings. The molecule has 140 valence electrons. The number of hydrogen-bond donors (Lipinski definition) is 1. The number of aromatic nitrogens is 5. The molecule has 0 saturated heterocycles. The van der Waals surface area contributed by atoms with E-state index in [9.17, 15) is 19.1 Å². The van der Waals surface area contributed by atoms with Crippen LogP contribution in [-0.4, -0.2) is 34.8 Å². The zero-order chi connectivity index (χ0) is 19.3. The Labute approximate surface area is 152 Å². The van der Waals surface area contributed by atoms with E-state index in [2.05, 4.69) is 4.98 Å². The van der Waals surface area contributed by atoms with Crippen molar-refractivity contribution in [1.29, 1.82) is 0 Å². The molecule has 3 aromatic heterocycles. The highest BCUT2D eigenvalue weighted by Gasteiger charge is 2.20. The molecule has 0 fully saturated rings. The molecule has 27 heavy (non-hydrogen) atoms. The van der Waals surface area contributed by atoms with Crippen LogP contribution in [0, 0.1) is 12.7 Å². The Morgan fingerprint density at radius 3 is 2.63 bits per heavy atom. The Balaban J connectivity index is 2.03. The number of halogens is 1. The largest absolute Gasteiger partial charge is 0.395 e. The predicted molar refractivity (Wildman–Crippen MR) is 97.5 cm³/mol. The molecule has 0 aliphatic carbocycles. The van der Waals surface area contributed by atoms with Crippen molar-refractivity contribution in [3.8, 4) is 0 Å². The lowest BCUT2D eigenvalue weighted by Gasteiger charge is -2.08. The fourth-order valence-electron chi connectivity index (χ4n) is 3.37. The minimum atomic E-state index is -0.568. The number of aliphatic hydroxyl groups is 1. The monoisotopic (exact) mass is 371 g/mol. The molecule has 0 unspecified atom stereocenters. The van der Waals surface area contributed by atoms with Crippen LogP contribution >= 0.6 is 0 Å². The van der Waals surface area contributed by atoms with E-state index < -0.39 is 17.1 Å². The minimum absolute atomic E-state index is 0.0785. The molecule has 0 radical (unpaired) electrons. The highest BCUT2D eigenvalue weighted by atomic mass is 19.1. The van der Waals surface area contributed by atoms with Gasteiger partial charge in [-0.25, -0.2) is 9.18 Å². The summed E-state index contributed by atoms with van der Waals surface area (Å²) in [5.74, 6) is -0.0118. The van der Waals surface area contributed by atoms with Crippen LogP contribution in [0.4, 0.5) is 4.39 Å². The number of hydrogen-bond acceptors (Lipinski definition) is 4. The molecule has 0 aliphatic heterocycles. The first kappa shape index (κ1) is 17.2. The quantitative estimate of drug-likeness (QED) is 0.570. The van der Waals surface area contributed by atoms with Crippen LogP contribution in [0.2, 0.25) is 0 Å². The Kier molecular flexibility index (Phi) is 3.96. The highest BCUT2D eigenvalue weighted by molar-refractivity contribution is 5.75. The third-order valence-electron chi connectivity index (χ3n) is 4.75. The second kappa shape index (κ2) is 6.20. The third kappa shape index (κ3) is 2.50. The fourth-order valence-corrected chi connectivity index (χ4v) is 3.37. The number of aliphatic hydroxyl groups excluding tert-OH is 1. The summed E-state index contributed by atoms with van der Waals surface area (Å²) >= 11 is 0. The Morgan fingerprint density at radius 2 is 1.93 bits per heavy atom. The average molecular weight is 371 g/mol. The Bertz CT molecular complexity index is 1290. The molecule has 0 atom stereocenters. The molecule has 1 N–H and O–H groups in total. The number of imidazole rings is 2. The van der Waals surface area contributed by atoms with Gasteiger partial charge in [-0.3, -0.25) is 18.3 Å². The van der Waals surface area contributed by atoms with E-state index in [1.807, 2.05) is 6.92 Å². The van der Waals surface area contributed by atoms with Crippen molar-refractivity contribution in [3.63, 3.8) is 0 Å². The van der Waals surface area contributed by atoms with E-state index in [1.165, 1.54) is 17.7 Å². The maximum atomic E-state index is 14.0. The van der Waals surface area contributed by atoms with E-state index in [0.29, 0.717) is 12.3 Å². The van der Waals surface area contributed by atoms with Crippen LogP contribution in [0.25, 0.3) is 16.9 Å². The van der Waals surface area contributed by atoms with Crippen molar-refractivity contribution in [3.05, 3.63) is 68.4 Å². The van der Waals surface area contributed by atoms with Gasteiger partial charge in [0, 0.05) is 31.0 Å². The molecule has 4 rings (SSSR count). The van der Waals surface area contributed by atoms with Gasteiger partial charge in [0.2, 0.25) is 5.78 Å². The van der Waals surface area contributed by atoms with Crippen LogP contribution in [-0.2, 0) is 20.1 Å². The molecule has 3 heterocycles. The molecule has 1 aromatic carbocycles. The first-order valence-electron chi connectivity index (χ1n) is 8.46. The molecule has 0 spiro atoms. The summed E-state index contributed by atoms with van der Waals surface area (Å²) in [6.45, 7) is 1.92. The van der Waals surface area contributed by atoms with Gasteiger partial charge in [-0.2, -0.15) is 4.98 Å². The second-order valence-electron chi connectivity index (χ2n) is 6.42. The van der Waals surface area contributed by atoms with Crippen LogP contribution < -0.4 is 11.2 Å². The summed E-state index contributed by atoms with van der Waals surface area (Å²) in [5, 5.41) is 9.27.